The van der Waals surface area contributed by atoms with Crippen molar-refractivity contribution in [2.45, 2.75) is 45.6 Å². The third-order valence-corrected chi connectivity index (χ3v) is 9.62. The summed E-state index contributed by atoms with van der Waals surface area (Å²) in [6, 6.07) is 10.2. The Kier molecular flexibility index (Phi) is 7.49. The molecule has 0 spiro atoms. The summed E-state index contributed by atoms with van der Waals surface area (Å²) in [5.74, 6) is -0.422. The molecule has 2 atom stereocenters. The molecule has 3 aromatic rings. The van der Waals surface area contributed by atoms with E-state index in [0.717, 1.165) is 55.0 Å². The van der Waals surface area contributed by atoms with Crippen molar-refractivity contribution >= 4 is 28.3 Å². The van der Waals surface area contributed by atoms with Gasteiger partial charge in [-0.05, 0) is 92.3 Å². The minimum atomic E-state index is -0.688. The predicted molar refractivity (Wildman–Crippen MR) is 152 cm³/mol. The Morgan fingerprint density at radius 1 is 1.07 bits per heavy atom. The second-order valence-electron chi connectivity index (χ2n) is 11.3. The zero-order valence-corrected chi connectivity index (χ0v) is 23.5. The monoisotopic (exact) mass is 563 g/mol. The van der Waals surface area contributed by atoms with Gasteiger partial charge in [-0.15, -0.1) is 11.3 Å². The van der Waals surface area contributed by atoms with E-state index in [1.807, 2.05) is 35.4 Å². The first-order valence-corrected chi connectivity index (χ1v) is 15.0. The Labute approximate surface area is 237 Å². The van der Waals surface area contributed by atoms with Crippen LogP contribution >= 0.6 is 11.3 Å². The van der Waals surface area contributed by atoms with Crippen LogP contribution in [-0.4, -0.2) is 53.0 Å². The molecule has 0 radical (unpaired) electrons. The Morgan fingerprint density at radius 2 is 1.82 bits per heavy atom. The van der Waals surface area contributed by atoms with E-state index >= 15 is 0 Å². The quantitative estimate of drug-likeness (QED) is 0.379. The Morgan fingerprint density at radius 3 is 2.52 bits per heavy atom. The number of carbonyl (C=O) groups excluding carboxylic acids is 1. The number of halogens is 1. The fourth-order valence-electron chi connectivity index (χ4n) is 6.57. The number of carboxylic acid groups (broad SMARTS) is 1. The number of carboxylic acids is 1. The van der Waals surface area contributed by atoms with Gasteiger partial charge >= 0.3 is 5.97 Å². The SMILES string of the molecule is Cc1cc(C(=O)N2CCCCC2)ccc1COc1ccc(F)cc1-c1csc(N2CC3CCC(C2)C3C(=O)O)n1. The van der Waals surface area contributed by atoms with Crippen LogP contribution in [0.5, 0.6) is 5.75 Å². The number of nitrogens with zero attached hydrogens (tertiary/aromatic N) is 3. The molecule has 9 heteroatoms. The molecule has 1 aliphatic carbocycles. The second kappa shape index (κ2) is 11.2. The summed E-state index contributed by atoms with van der Waals surface area (Å²) in [4.78, 5) is 33.6. The third-order valence-electron chi connectivity index (χ3n) is 8.72. The van der Waals surface area contributed by atoms with Crippen molar-refractivity contribution in [1.29, 1.82) is 0 Å². The van der Waals surface area contributed by atoms with Crippen LogP contribution in [0, 0.1) is 30.5 Å². The van der Waals surface area contributed by atoms with Crippen molar-refractivity contribution in [3.63, 3.8) is 0 Å². The molecule has 2 aliphatic heterocycles. The number of anilines is 1. The molecule has 6 rings (SSSR count). The highest BCUT2D eigenvalue weighted by Crippen LogP contribution is 2.44. The molecule has 1 saturated carbocycles. The molecule has 1 aromatic heterocycles. The molecule has 3 aliphatic rings. The first-order chi connectivity index (χ1) is 19.4. The molecule has 3 heterocycles. The number of aliphatic carboxylic acids is 1. The van der Waals surface area contributed by atoms with Crippen LogP contribution in [0.4, 0.5) is 9.52 Å². The second-order valence-corrected chi connectivity index (χ2v) is 12.1. The summed E-state index contributed by atoms with van der Waals surface area (Å²) in [6.45, 7) is 5.26. The highest BCUT2D eigenvalue weighted by atomic mass is 32.1. The van der Waals surface area contributed by atoms with Crippen LogP contribution in [-0.2, 0) is 11.4 Å². The smallest absolute Gasteiger partial charge is 0.307 e. The van der Waals surface area contributed by atoms with E-state index in [1.165, 1.54) is 29.9 Å². The summed E-state index contributed by atoms with van der Waals surface area (Å²) >= 11 is 1.49. The number of fused-ring (bicyclic) bond motifs is 2. The van der Waals surface area contributed by atoms with Gasteiger partial charge in [-0.1, -0.05) is 6.07 Å². The van der Waals surface area contributed by atoms with Gasteiger partial charge in [0.1, 0.15) is 18.2 Å². The zero-order chi connectivity index (χ0) is 27.8. The number of hydrogen-bond acceptors (Lipinski definition) is 6. The molecule has 1 amide bonds. The van der Waals surface area contributed by atoms with Gasteiger partial charge in [-0.25, -0.2) is 9.37 Å². The number of likely N-dealkylation sites (tertiary alicyclic amines) is 1. The lowest BCUT2D eigenvalue weighted by atomic mass is 9.85. The summed E-state index contributed by atoms with van der Waals surface area (Å²) in [7, 11) is 0. The number of carbonyl (C=O) groups is 2. The van der Waals surface area contributed by atoms with Crippen LogP contribution in [0.2, 0.25) is 0 Å². The summed E-state index contributed by atoms with van der Waals surface area (Å²) in [6.07, 6.45) is 5.16. The maximum absolute atomic E-state index is 14.3. The number of hydrogen-bond donors (Lipinski definition) is 1. The van der Waals surface area contributed by atoms with Crippen LogP contribution in [0.3, 0.4) is 0 Å². The summed E-state index contributed by atoms with van der Waals surface area (Å²) in [5.41, 5.74) is 3.85. The molecule has 2 saturated heterocycles. The molecular formula is C31H34FN3O4S. The number of rotatable bonds is 7. The van der Waals surface area contributed by atoms with Gasteiger partial charge in [0, 0.05) is 42.7 Å². The van der Waals surface area contributed by atoms with Gasteiger partial charge in [0.05, 0.1) is 11.6 Å². The fraction of sp³-hybridized carbons (Fsp3) is 0.452. The van der Waals surface area contributed by atoms with Crippen molar-refractivity contribution in [3.8, 4) is 17.0 Å². The summed E-state index contributed by atoms with van der Waals surface area (Å²) < 4.78 is 20.5. The maximum atomic E-state index is 14.3. The topological polar surface area (TPSA) is 83.0 Å². The van der Waals surface area contributed by atoms with Crippen molar-refractivity contribution < 1.29 is 23.8 Å². The van der Waals surface area contributed by atoms with Crippen LogP contribution in [0.15, 0.2) is 41.8 Å². The summed E-state index contributed by atoms with van der Waals surface area (Å²) in [5, 5.41) is 12.4. The molecule has 3 fully saturated rings. The van der Waals surface area contributed by atoms with E-state index < -0.39 is 5.97 Å². The van der Waals surface area contributed by atoms with Gasteiger partial charge < -0.3 is 19.6 Å². The number of benzene rings is 2. The minimum Gasteiger partial charge on any atom is -0.488 e. The minimum absolute atomic E-state index is 0.0793. The van der Waals surface area contributed by atoms with Crippen molar-refractivity contribution in [2.24, 2.45) is 17.8 Å². The number of ether oxygens (including phenoxy) is 1. The average Bonchev–Trinajstić information content (AvgIpc) is 3.55. The van der Waals surface area contributed by atoms with Gasteiger partial charge in [0.15, 0.2) is 5.13 Å². The first kappa shape index (κ1) is 26.7. The Hall–Kier alpha value is -3.46. The highest BCUT2D eigenvalue weighted by Gasteiger charge is 2.46. The van der Waals surface area contributed by atoms with Gasteiger partial charge in [-0.2, -0.15) is 0 Å². The van der Waals surface area contributed by atoms with E-state index in [4.69, 9.17) is 9.72 Å². The molecular weight excluding hydrogens is 529 g/mol. The Balaban J connectivity index is 1.16. The van der Waals surface area contributed by atoms with Crippen LogP contribution in [0.1, 0.15) is 53.6 Å². The molecule has 2 unspecified atom stereocenters. The number of aromatic nitrogens is 1. The lowest BCUT2D eigenvalue weighted by molar-refractivity contribution is -0.144. The average molecular weight is 564 g/mol. The van der Waals surface area contributed by atoms with Crippen LogP contribution in [0.25, 0.3) is 11.3 Å². The molecule has 7 nitrogen and oxygen atoms in total. The normalized spacial score (nSPS) is 22.4. The van der Waals surface area contributed by atoms with E-state index in [-0.39, 0.29) is 36.1 Å². The van der Waals surface area contributed by atoms with Crippen LogP contribution < -0.4 is 9.64 Å². The maximum Gasteiger partial charge on any atom is 0.307 e. The molecule has 2 aromatic carbocycles. The van der Waals surface area contributed by atoms with E-state index in [9.17, 15) is 19.1 Å². The molecule has 1 N–H and O–H groups in total. The number of piperidine rings is 2. The van der Waals surface area contributed by atoms with Crippen molar-refractivity contribution in [2.75, 3.05) is 31.1 Å². The lowest BCUT2D eigenvalue weighted by Gasteiger charge is -2.35. The van der Waals surface area contributed by atoms with Crippen molar-refractivity contribution in [3.05, 3.63) is 64.3 Å². The van der Waals surface area contributed by atoms with Gasteiger partial charge in [0.2, 0.25) is 0 Å². The Bertz CT molecular complexity index is 1410. The molecule has 2 bridgehead atoms. The molecule has 210 valence electrons. The van der Waals surface area contributed by atoms with E-state index in [1.54, 1.807) is 6.07 Å². The van der Waals surface area contributed by atoms with Gasteiger partial charge in [-0.3, -0.25) is 9.59 Å². The lowest BCUT2D eigenvalue weighted by Crippen LogP contribution is -2.44. The van der Waals surface area contributed by atoms with Crippen molar-refractivity contribution in [1.82, 2.24) is 9.88 Å². The highest BCUT2D eigenvalue weighted by molar-refractivity contribution is 7.14. The third kappa shape index (κ3) is 5.31. The zero-order valence-electron chi connectivity index (χ0n) is 22.6. The van der Waals surface area contributed by atoms with E-state index in [2.05, 4.69) is 4.90 Å². The first-order valence-electron chi connectivity index (χ1n) is 14.1. The number of aryl methyl sites for hydroxylation is 1. The van der Waals surface area contributed by atoms with E-state index in [0.29, 0.717) is 35.7 Å². The molecule has 40 heavy (non-hydrogen) atoms. The predicted octanol–water partition coefficient (Wildman–Crippen LogP) is 6.01. The largest absolute Gasteiger partial charge is 0.488 e. The standard InChI is InChI=1S/C31H34FN3O4S/c1-19-13-20(29(36)34-11-3-2-4-12-34)5-8-23(19)17-39-27-10-9-24(32)14-25(27)26-18-40-31(33-26)35-15-21-6-7-22(16-35)28(21)30(37)38/h5,8-10,13-14,18,21-22,28H,2-4,6-7,11-12,15-17H2,1H3,(H,37,38). The number of amides is 1. The van der Waals surface area contributed by atoms with Gasteiger partial charge in [0.25, 0.3) is 5.91 Å². The number of thiazole rings is 1. The fourth-order valence-corrected chi connectivity index (χ4v) is 7.42.